The molecule has 1 aromatic carbocycles. The van der Waals surface area contributed by atoms with Crippen molar-refractivity contribution in [1.82, 2.24) is 15.2 Å². The van der Waals surface area contributed by atoms with E-state index in [4.69, 9.17) is 11.6 Å². The second-order valence-electron chi connectivity index (χ2n) is 8.49. The number of benzene rings is 1. The summed E-state index contributed by atoms with van der Waals surface area (Å²) in [4.78, 5) is 18.4. The van der Waals surface area contributed by atoms with Crippen molar-refractivity contribution in [3.05, 3.63) is 35.0 Å². The summed E-state index contributed by atoms with van der Waals surface area (Å²) in [5.41, 5.74) is -2.03. The molecule has 0 spiro atoms. The summed E-state index contributed by atoms with van der Waals surface area (Å²) in [5.74, 6) is -0.580. The molecule has 0 radical (unpaired) electrons. The lowest BCUT2D eigenvalue weighted by Crippen LogP contribution is -2.71. The molecule has 1 amide bonds. The van der Waals surface area contributed by atoms with Gasteiger partial charge in [-0.25, -0.2) is 0 Å². The number of hydrogen-bond donors (Lipinski definition) is 2. The number of amides is 1. The lowest BCUT2D eigenvalue weighted by atomic mass is 9.84. The first-order valence-corrected chi connectivity index (χ1v) is 10.7. The van der Waals surface area contributed by atoms with Crippen LogP contribution in [0.4, 0.5) is 22.0 Å². The third-order valence-electron chi connectivity index (χ3n) is 6.22. The van der Waals surface area contributed by atoms with Gasteiger partial charge in [-0.3, -0.25) is 14.7 Å². The van der Waals surface area contributed by atoms with Gasteiger partial charge in [-0.1, -0.05) is 11.6 Å². The number of carbonyl (C=O) groups excluding carboxylic acids is 1. The highest BCUT2D eigenvalue weighted by Gasteiger charge is 2.61. The van der Waals surface area contributed by atoms with E-state index in [-0.39, 0.29) is 34.3 Å². The van der Waals surface area contributed by atoms with Crippen molar-refractivity contribution in [3.63, 3.8) is 0 Å². The van der Waals surface area contributed by atoms with Crippen molar-refractivity contribution < 1.29 is 36.6 Å². The minimum absolute atomic E-state index is 0.0381. The van der Waals surface area contributed by atoms with Gasteiger partial charge in [-0.15, -0.1) is 0 Å². The van der Waals surface area contributed by atoms with Crippen molar-refractivity contribution in [2.24, 2.45) is 0 Å². The predicted octanol–water partition coefficient (Wildman–Crippen LogP) is 4.14. The molecule has 0 unspecified atom stereocenters. The maximum absolute atomic E-state index is 12.8. The molecule has 0 bridgehead atoms. The van der Waals surface area contributed by atoms with Crippen molar-refractivity contribution in [2.45, 2.75) is 56.2 Å². The number of ether oxygens (including phenoxy) is 1. The summed E-state index contributed by atoms with van der Waals surface area (Å²) in [7, 11) is 0. The zero-order chi connectivity index (χ0) is 24.0. The van der Waals surface area contributed by atoms with Crippen LogP contribution in [-0.2, 0) is 0 Å². The van der Waals surface area contributed by atoms with Gasteiger partial charge in [0.15, 0.2) is 5.60 Å². The predicted molar refractivity (Wildman–Crippen MR) is 109 cm³/mol. The quantitative estimate of drug-likeness (QED) is 0.612. The fourth-order valence-corrected chi connectivity index (χ4v) is 4.57. The molecule has 4 rings (SSSR count). The largest absolute Gasteiger partial charge is 0.433 e. The Morgan fingerprint density at radius 1 is 1.21 bits per heavy atom. The number of nitrogens with one attached hydrogen (secondary N) is 1. The Balaban J connectivity index is 1.33. The van der Waals surface area contributed by atoms with E-state index in [1.165, 1.54) is 18.3 Å². The minimum Gasteiger partial charge on any atom is -0.433 e. The number of nitrogens with zero attached hydrogens (tertiary/aromatic N) is 2. The Kier molecular flexibility index (Phi) is 6.41. The van der Waals surface area contributed by atoms with Crippen LogP contribution in [0, 0.1) is 0 Å². The molecule has 180 valence electrons. The molecule has 1 aliphatic carbocycles. The Morgan fingerprint density at radius 3 is 2.48 bits per heavy atom. The van der Waals surface area contributed by atoms with Crippen LogP contribution in [0.3, 0.4) is 0 Å². The third kappa shape index (κ3) is 4.99. The van der Waals surface area contributed by atoms with Crippen LogP contribution in [0.5, 0.6) is 5.75 Å². The van der Waals surface area contributed by atoms with Crippen molar-refractivity contribution in [2.75, 3.05) is 13.1 Å². The van der Waals surface area contributed by atoms with E-state index in [1.807, 2.05) is 0 Å². The average Bonchev–Trinajstić information content (AvgIpc) is 2.71. The lowest BCUT2D eigenvalue weighted by Gasteiger charge is -2.51. The Bertz CT molecular complexity index is 1040. The van der Waals surface area contributed by atoms with Crippen LogP contribution in [0.2, 0.25) is 5.02 Å². The van der Waals surface area contributed by atoms with Crippen LogP contribution in [-0.4, -0.2) is 64.5 Å². The van der Waals surface area contributed by atoms with E-state index in [2.05, 4.69) is 15.0 Å². The van der Waals surface area contributed by atoms with Gasteiger partial charge in [0.05, 0.1) is 16.1 Å². The van der Waals surface area contributed by atoms with Gasteiger partial charge in [0.25, 0.3) is 5.91 Å². The first-order valence-electron chi connectivity index (χ1n) is 10.3. The normalized spacial score (nSPS) is 23.4. The van der Waals surface area contributed by atoms with Gasteiger partial charge in [-0.05, 0) is 37.8 Å². The number of rotatable bonds is 5. The second kappa shape index (κ2) is 8.84. The molecule has 2 N–H and O–H groups in total. The number of likely N-dealkylation sites (tertiary alicyclic amines) is 1. The maximum Gasteiger partial charge on any atom is 0.419 e. The van der Waals surface area contributed by atoms with Crippen molar-refractivity contribution in [1.29, 1.82) is 0 Å². The van der Waals surface area contributed by atoms with E-state index >= 15 is 0 Å². The molecule has 2 aromatic rings. The fourth-order valence-electron chi connectivity index (χ4n) is 4.36. The molecule has 12 heteroatoms. The van der Waals surface area contributed by atoms with E-state index in [1.54, 1.807) is 11.0 Å². The Hall–Kier alpha value is -2.24. The first-order chi connectivity index (χ1) is 15.4. The van der Waals surface area contributed by atoms with Gasteiger partial charge in [0.1, 0.15) is 5.75 Å². The molecular weight excluding hydrogens is 473 g/mol. The summed E-state index contributed by atoms with van der Waals surface area (Å²) < 4.78 is 67.7. The second-order valence-corrected chi connectivity index (χ2v) is 8.90. The van der Waals surface area contributed by atoms with Crippen LogP contribution < -0.4 is 10.1 Å². The molecule has 2 fully saturated rings. The topological polar surface area (TPSA) is 74.7 Å². The molecule has 2 aliphatic rings. The molecule has 1 aromatic heterocycles. The first kappa shape index (κ1) is 23.9. The molecule has 6 nitrogen and oxygen atoms in total. The molecular formula is C21H21ClF5N3O3. The van der Waals surface area contributed by atoms with Crippen LogP contribution in [0.1, 0.15) is 36.0 Å². The Labute approximate surface area is 190 Å². The molecule has 1 saturated heterocycles. The minimum atomic E-state index is -4.63. The van der Waals surface area contributed by atoms with Gasteiger partial charge in [0, 0.05) is 42.8 Å². The number of alkyl halides is 5. The van der Waals surface area contributed by atoms with Gasteiger partial charge in [-0.2, -0.15) is 22.0 Å². The average molecular weight is 494 g/mol. The number of aliphatic hydroxyl groups is 1. The maximum atomic E-state index is 12.8. The van der Waals surface area contributed by atoms with Crippen molar-refractivity contribution >= 4 is 28.4 Å². The number of pyridine rings is 1. The number of halogens is 6. The molecule has 33 heavy (non-hydrogen) atoms. The smallest absolute Gasteiger partial charge is 0.419 e. The molecule has 0 atom stereocenters. The van der Waals surface area contributed by atoms with E-state index in [0.29, 0.717) is 36.6 Å². The summed E-state index contributed by atoms with van der Waals surface area (Å²) in [6.45, 7) is -3.88. The fraction of sp³-hybridized carbons (Fsp3) is 0.524. The number of β-amino-alcohol motifs (C(OH)–C–C–N with tert-alkyl or cyclic N) is 1. The zero-order valence-electron chi connectivity index (χ0n) is 17.2. The zero-order valence-corrected chi connectivity index (χ0v) is 18.0. The van der Waals surface area contributed by atoms with Crippen LogP contribution in [0.25, 0.3) is 10.9 Å². The molecule has 2 heterocycles. The van der Waals surface area contributed by atoms with E-state index < -0.39 is 31.5 Å². The summed E-state index contributed by atoms with van der Waals surface area (Å²) in [6.07, 6.45) is -0.905. The SMILES string of the molecule is O=C(NC1CCC(N2CC(O)(C(F)(F)F)C2)CC1)c1cnc2cc(OC(F)F)c(Cl)cc2c1. The highest BCUT2D eigenvalue weighted by Crippen LogP contribution is 2.40. The molecule has 1 saturated carbocycles. The van der Waals surface area contributed by atoms with Gasteiger partial charge >= 0.3 is 12.8 Å². The highest BCUT2D eigenvalue weighted by atomic mass is 35.5. The standard InChI is InChI=1S/C21H21ClF5N3O3/c22-15-6-11-5-12(8-28-16(11)7-17(15)33-19(23)24)18(31)29-13-1-3-14(4-2-13)30-9-20(32,10-30)21(25,26)27/h5-8,13-14,19,32H,1-4,9-10H2,(H,29,31). The van der Waals surface area contributed by atoms with E-state index in [9.17, 15) is 31.9 Å². The summed E-state index contributed by atoms with van der Waals surface area (Å²) >= 11 is 5.96. The van der Waals surface area contributed by atoms with Gasteiger partial charge in [0.2, 0.25) is 0 Å². The third-order valence-corrected chi connectivity index (χ3v) is 6.51. The number of aromatic nitrogens is 1. The highest BCUT2D eigenvalue weighted by molar-refractivity contribution is 6.32. The lowest BCUT2D eigenvalue weighted by molar-refractivity contribution is -0.306. The molecule has 1 aliphatic heterocycles. The van der Waals surface area contributed by atoms with E-state index in [0.717, 1.165) is 0 Å². The summed E-state index contributed by atoms with van der Waals surface area (Å²) in [5, 5.41) is 13.0. The number of carbonyl (C=O) groups is 1. The van der Waals surface area contributed by atoms with Crippen LogP contribution >= 0.6 is 11.6 Å². The van der Waals surface area contributed by atoms with Crippen molar-refractivity contribution in [3.8, 4) is 5.75 Å². The van der Waals surface area contributed by atoms with Gasteiger partial charge < -0.3 is 15.2 Å². The monoisotopic (exact) mass is 493 g/mol. The van der Waals surface area contributed by atoms with Crippen LogP contribution in [0.15, 0.2) is 24.4 Å². The summed E-state index contributed by atoms with van der Waals surface area (Å²) in [6, 6.07) is 3.99. The Morgan fingerprint density at radius 2 is 1.88 bits per heavy atom. The number of fused-ring (bicyclic) bond motifs is 1. The number of hydrogen-bond acceptors (Lipinski definition) is 5.